The molecule has 102 heavy (non-hydrogen) atoms. The van der Waals surface area contributed by atoms with Crippen molar-refractivity contribution in [3.63, 3.8) is 0 Å². The fourth-order valence-corrected chi connectivity index (χ4v) is 11.0. The lowest BCUT2D eigenvalue weighted by Gasteiger charge is -2.18. The molecule has 8 aromatic carbocycles. The summed E-state index contributed by atoms with van der Waals surface area (Å²) < 4.78 is 5.28. The molecular formula is C97H142ClNO3. The van der Waals surface area contributed by atoms with Crippen LogP contribution in [0.15, 0.2) is 223 Å². The predicted molar refractivity (Wildman–Crippen MR) is 450 cm³/mol. The molecule has 0 aliphatic rings. The van der Waals surface area contributed by atoms with Crippen LogP contribution in [0, 0.1) is 87.9 Å². The van der Waals surface area contributed by atoms with Crippen LogP contribution in [0.4, 0.5) is 0 Å². The Morgan fingerprint density at radius 3 is 0.833 bits per heavy atom. The third kappa shape index (κ3) is 42.1. The van der Waals surface area contributed by atoms with Crippen LogP contribution in [0.1, 0.15) is 253 Å². The monoisotopic (exact) mass is 1400 g/mol. The third-order valence-corrected chi connectivity index (χ3v) is 18.8. The molecule has 0 radical (unpaired) electrons. The molecule has 0 aliphatic heterocycles. The maximum Gasteiger partial charge on any atom is 0.194 e. The molecule has 0 saturated carbocycles. The van der Waals surface area contributed by atoms with E-state index in [-0.39, 0.29) is 25.0 Å². The summed E-state index contributed by atoms with van der Waals surface area (Å²) in [4.78, 5) is 4.09. The van der Waals surface area contributed by atoms with Gasteiger partial charge in [0.05, 0.1) is 19.4 Å². The molecule has 0 spiro atoms. The van der Waals surface area contributed by atoms with Crippen molar-refractivity contribution in [2.24, 2.45) is 53.3 Å². The van der Waals surface area contributed by atoms with E-state index in [9.17, 15) is 0 Å². The van der Waals surface area contributed by atoms with Gasteiger partial charge in [-0.05, 0) is 181 Å². The molecule has 5 atom stereocenters. The van der Waals surface area contributed by atoms with Crippen molar-refractivity contribution in [3.8, 4) is 0 Å². The van der Waals surface area contributed by atoms with Crippen molar-refractivity contribution >= 4 is 11.6 Å². The summed E-state index contributed by atoms with van der Waals surface area (Å²) in [7, 11) is 0. The number of nitrogens with zero attached hydrogens (tertiary/aromatic N) is 1. The highest BCUT2D eigenvalue weighted by Crippen LogP contribution is 2.28. The van der Waals surface area contributed by atoms with Gasteiger partial charge in [0, 0.05) is 23.3 Å². The van der Waals surface area contributed by atoms with Crippen LogP contribution < -0.4 is 0 Å². The van der Waals surface area contributed by atoms with Gasteiger partial charge in [0.1, 0.15) is 5.76 Å². The molecule has 0 amide bonds. The fourth-order valence-electron chi connectivity index (χ4n) is 10.8. The van der Waals surface area contributed by atoms with Crippen LogP contribution in [-0.2, 0) is 25.7 Å². The molecule has 2 unspecified atom stereocenters. The summed E-state index contributed by atoms with van der Waals surface area (Å²) in [6.45, 7) is 57.5. The van der Waals surface area contributed by atoms with Crippen LogP contribution in [0.3, 0.4) is 0 Å². The lowest BCUT2D eigenvalue weighted by Crippen LogP contribution is -2.10. The normalized spacial score (nSPS) is 12.2. The van der Waals surface area contributed by atoms with Crippen molar-refractivity contribution in [2.45, 2.75) is 235 Å². The van der Waals surface area contributed by atoms with E-state index in [0.29, 0.717) is 41.4 Å². The second kappa shape index (κ2) is 53.0. The van der Waals surface area contributed by atoms with Crippen molar-refractivity contribution in [3.05, 3.63) is 302 Å². The van der Waals surface area contributed by atoms with Crippen molar-refractivity contribution in [2.75, 3.05) is 13.2 Å². The van der Waals surface area contributed by atoms with Crippen LogP contribution in [0.2, 0.25) is 5.02 Å². The molecular weight excluding hydrogens is 1260 g/mol. The molecule has 2 N–H and O–H groups in total. The van der Waals surface area contributed by atoms with Gasteiger partial charge >= 0.3 is 0 Å². The Bertz CT molecular complexity index is 3190. The molecule has 0 aliphatic carbocycles. The minimum atomic E-state index is 0.238. The fraction of sp³-hybridized carbons (Fsp3) is 0.474. The predicted octanol–water partition coefficient (Wildman–Crippen LogP) is 27.9. The van der Waals surface area contributed by atoms with Crippen LogP contribution in [-0.4, -0.2) is 28.4 Å². The molecule has 5 heteroatoms. The Morgan fingerprint density at radius 1 is 0.314 bits per heavy atom. The number of aliphatic hydroxyl groups is 2. The smallest absolute Gasteiger partial charge is 0.194 e. The van der Waals surface area contributed by atoms with Crippen LogP contribution >= 0.6 is 11.6 Å². The average molecular weight is 1410 g/mol. The van der Waals surface area contributed by atoms with E-state index >= 15 is 0 Å². The van der Waals surface area contributed by atoms with Gasteiger partial charge in [0.2, 0.25) is 0 Å². The van der Waals surface area contributed by atoms with Gasteiger partial charge in [-0.2, -0.15) is 0 Å². The van der Waals surface area contributed by atoms with Gasteiger partial charge in [0.15, 0.2) is 5.89 Å². The van der Waals surface area contributed by atoms with Crippen molar-refractivity contribution in [1.29, 1.82) is 0 Å². The lowest BCUT2D eigenvalue weighted by molar-refractivity contribution is 0.237. The Kier molecular flexibility index (Phi) is 48.4. The number of halogens is 1. The Morgan fingerprint density at radius 2 is 0.598 bits per heavy atom. The van der Waals surface area contributed by atoms with Crippen LogP contribution in [0.25, 0.3) is 0 Å². The highest BCUT2D eigenvalue weighted by Gasteiger charge is 2.16. The Balaban J connectivity index is 0.000000574. The van der Waals surface area contributed by atoms with Gasteiger partial charge in [-0.1, -0.05) is 380 Å². The molecule has 4 nitrogen and oxygen atoms in total. The van der Waals surface area contributed by atoms with Gasteiger partial charge in [0.25, 0.3) is 0 Å². The summed E-state index contributed by atoms with van der Waals surface area (Å²) in [6.07, 6.45) is 6.20. The summed E-state index contributed by atoms with van der Waals surface area (Å²) >= 11 is 6.00. The van der Waals surface area contributed by atoms with E-state index in [1.54, 1.807) is 6.20 Å². The first kappa shape index (κ1) is 93.2. The van der Waals surface area contributed by atoms with E-state index in [4.69, 9.17) is 26.2 Å². The molecule has 9 rings (SSSR count). The van der Waals surface area contributed by atoms with E-state index in [0.717, 1.165) is 64.7 Å². The SMILES string of the molecule is CC(C)C(CO)c1ccccc1.CC(C)Cc1ccccc1.CC(C)Cc1ccccc1.CC(C)[C@@H](CO)c1ccccc1.Cc1ccc(C(C)C(C)C)cc1.Cc1ccc(CC(C)C)cc1Cl.Cc1ccc([C@@H](C)C(C)C)cc1.Cc1ccc([C@H](C)C(C)C)cc1.Cc1cnc(CC(C)C)o1. The van der Waals surface area contributed by atoms with E-state index in [2.05, 4.69) is 347 Å². The quantitative estimate of drug-likeness (QED) is 0.0798. The molecule has 0 fully saturated rings. The second-order valence-electron chi connectivity index (χ2n) is 31.5. The summed E-state index contributed by atoms with van der Waals surface area (Å²) in [6, 6.07) is 74.4. The topological polar surface area (TPSA) is 66.5 Å². The van der Waals surface area contributed by atoms with Gasteiger partial charge in [-0.3, -0.25) is 0 Å². The number of aryl methyl sites for hydroxylation is 5. The van der Waals surface area contributed by atoms with E-state index in [1.807, 2.05) is 50.2 Å². The van der Waals surface area contributed by atoms with Gasteiger partial charge in [-0.25, -0.2) is 4.98 Å². The lowest BCUT2D eigenvalue weighted by atomic mass is 9.89. The Labute approximate surface area is 631 Å². The minimum absolute atomic E-state index is 0.238. The zero-order chi connectivity index (χ0) is 76.9. The van der Waals surface area contributed by atoms with Crippen molar-refractivity contribution in [1.82, 2.24) is 4.98 Å². The van der Waals surface area contributed by atoms with E-state index in [1.165, 1.54) is 74.0 Å². The van der Waals surface area contributed by atoms with Crippen LogP contribution in [0.5, 0.6) is 0 Å². The second-order valence-corrected chi connectivity index (χ2v) is 31.9. The first-order chi connectivity index (χ1) is 48.2. The zero-order valence-electron chi connectivity index (χ0n) is 68.7. The first-order valence-corrected chi connectivity index (χ1v) is 38.8. The zero-order valence-corrected chi connectivity index (χ0v) is 69.5. The van der Waals surface area contributed by atoms with E-state index < -0.39 is 0 Å². The largest absolute Gasteiger partial charge is 0.446 e. The molecule has 560 valence electrons. The maximum absolute atomic E-state index is 9.15. The molecule has 0 saturated heterocycles. The number of oxazole rings is 1. The summed E-state index contributed by atoms with van der Waals surface area (Å²) in [5.74, 6) is 10.4. The molecule has 9 aromatic rings. The number of hydrogen-bond acceptors (Lipinski definition) is 4. The highest BCUT2D eigenvalue weighted by atomic mass is 35.5. The highest BCUT2D eigenvalue weighted by molar-refractivity contribution is 6.31. The molecule has 1 heterocycles. The van der Waals surface area contributed by atoms with Gasteiger partial charge in [-0.15, -0.1) is 0 Å². The average Bonchev–Trinajstić information content (AvgIpc) is 1.17. The third-order valence-electron chi connectivity index (χ3n) is 18.4. The van der Waals surface area contributed by atoms with Gasteiger partial charge < -0.3 is 14.6 Å². The standard InChI is InChI=1S/3C12H18.C11H15Cl.2C11H16O.2C10H14.C8H13NO/c3*1-9(2)11(4)12-7-5-10(3)6-8-12;1-8(2)6-10-5-4-9(3)11(12)7-10;2*1-9(2)11(8-12)10-6-4-3-5-7-10;2*1-9(2)8-10-6-4-3-5-7-10;1-6(2)4-8-9-5-7(3)10-8/h3*5-9,11H,1-4H3;4-5,7-8H,6H2,1-3H3;2*3-7,9,11-12H,8H2,1-2H3;2*3-7,9H,8H2,1-2H3;5-6H,4H2,1-3H3/t2*11-;;;11-;;;;/m10..1..../s1. The number of rotatable bonds is 20. The summed E-state index contributed by atoms with van der Waals surface area (Å²) in [5.41, 5.74) is 16.2. The molecule has 1 aromatic heterocycles. The molecule has 0 bridgehead atoms. The summed E-state index contributed by atoms with van der Waals surface area (Å²) in [5, 5.41) is 19.2. The number of hydrogen-bond donors (Lipinski definition) is 2. The number of aliphatic hydroxyl groups excluding tert-OH is 2. The minimum Gasteiger partial charge on any atom is -0.446 e. The van der Waals surface area contributed by atoms with Crippen molar-refractivity contribution < 1.29 is 14.6 Å². The number of aromatic nitrogens is 1. The first-order valence-electron chi connectivity index (χ1n) is 38.4. The Hall–Kier alpha value is -6.82. The maximum atomic E-state index is 9.15. The number of benzene rings is 8.